The van der Waals surface area contributed by atoms with Gasteiger partial charge in [0.05, 0.1) is 5.69 Å². The number of hydrogen-bond acceptors (Lipinski definition) is 3. The van der Waals surface area contributed by atoms with Crippen LogP contribution in [-0.2, 0) is 22.6 Å². The number of rotatable bonds is 4. The van der Waals surface area contributed by atoms with Crippen LogP contribution < -0.4 is 0 Å². The van der Waals surface area contributed by atoms with Crippen molar-refractivity contribution in [1.82, 2.24) is 4.98 Å². The number of pyridine rings is 1. The maximum absolute atomic E-state index is 9.73. The van der Waals surface area contributed by atoms with Gasteiger partial charge in [0.25, 0.3) is 0 Å². The van der Waals surface area contributed by atoms with E-state index in [0.29, 0.717) is 0 Å². The highest BCUT2D eigenvalue weighted by Gasteiger charge is 1.94. The molecule has 0 aliphatic heterocycles. The quantitative estimate of drug-likeness (QED) is 0.671. The minimum absolute atomic E-state index is 0.202. The first kappa shape index (κ1) is 8.71. The van der Waals surface area contributed by atoms with Crippen LogP contribution in [0.3, 0.4) is 0 Å². The summed E-state index contributed by atoms with van der Waals surface area (Å²) >= 11 is 0. The summed E-state index contributed by atoms with van der Waals surface area (Å²) in [5.74, 6) is 0. The van der Waals surface area contributed by atoms with Crippen molar-refractivity contribution in [1.29, 1.82) is 0 Å². The van der Waals surface area contributed by atoms with E-state index < -0.39 is 0 Å². The van der Waals surface area contributed by atoms with E-state index in [4.69, 9.17) is 0 Å². The van der Waals surface area contributed by atoms with Gasteiger partial charge in [-0.05, 0) is 18.1 Å². The Balaban J connectivity index is 2.58. The van der Waals surface area contributed by atoms with Crippen LogP contribution in [0.1, 0.15) is 18.2 Å². The molecule has 0 aliphatic carbocycles. The van der Waals surface area contributed by atoms with Gasteiger partial charge in [-0.15, -0.1) is 0 Å². The van der Waals surface area contributed by atoms with E-state index in [-0.39, 0.29) is 6.61 Å². The molecular formula is C9H10NO2. The third kappa shape index (κ3) is 2.34. The Kier molecular flexibility index (Phi) is 3.26. The van der Waals surface area contributed by atoms with Crippen LogP contribution in [0.5, 0.6) is 0 Å². The topological polar surface area (TPSA) is 39.2 Å². The summed E-state index contributed by atoms with van der Waals surface area (Å²) in [5.41, 5.74) is 1.92. The highest BCUT2D eigenvalue weighted by molar-refractivity contribution is 5.38. The fourth-order valence-corrected chi connectivity index (χ4v) is 0.853. The van der Waals surface area contributed by atoms with Crippen molar-refractivity contribution in [2.75, 3.05) is 0 Å². The maximum atomic E-state index is 9.73. The molecule has 1 aromatic rings. The summed E-state index contributed by atoms with van der Waals surface area (Å²) in [4.78, 5) is 13.8. The molecule has 3 nitrogen and oxygen atoms in total. The predicted octanol–water partition coefficient (Wildman–Crippen LogP) is 1.23. The maximum Gasteiger partial charge on any atom is 0.417 e. The summed E-state index contributed by atoms with van der Waals surface area (Å²) in [7, 11) is 0. The number of ether oxygens (including phenoxy) is 1. The molecule has 0 aliphatic rings. The van der Waals surface area contributed by atoms with Crippen LogP contribution >= 0.6 is 0 Å². The molecule has 1 radical (unpaired) electrons. The lowest BCUT2D eigenvalue weighted by atomic mass is 10.2. The number of nitrogens with zero attached hydrogens (tertiary/aromatic N) is 1. The van der Waals surface area contributed by atoms with Crippen molar-refractivity contribution >= 4 is 6.47 Å². The second-order valence-corrected chi connectivity index (χ2v) is 2.38. The van der Waals surface area contributed by atoms with Crippen LogP contribution in [-0.4, -0.2) is 11.5 Å². The Bertz CT molecular complexity index is 243. The average molecular weight is 164 g/mol. The second-order valence-electron chi connectivity index (χ2n) is 2.38. The molecule has 0 aromatic carbocycles. The SMILES string of the molecule is CCc1ccc(CO[C]=O)nc1. The van der Waals surface area contributed by atoms with E-state index in [2.05, 4.69) is 16.6 Å². The van der Waals surface area contributed by atoms with E-state index >= 15 is 0 Å². The summed E-state index contributed by atoms with van der Waals surface area (Å²) in [6.07, 6.45) is 2.75. The average Bonchev–Trinajstić information content (AvgIpc) is 2.15. The summed E-state index contributed by atoms with van der Waals surface area (Å²) < 4.78 is 4.42. The normalized spacial score (nSPS) is 9.42. The zero-order valence-electron chi connectivity index (χ0n) is 6.91. The summed E-state index contributed by atoms with van der Waals surface area (Å²) in [6.45, 7) is 3.62. The highest BCUT2D eigenvalue weighted by Crippen LogP contribution is 2.01. The lowest BCUT2D eigenvalue weighted by Crippen LogP contribution is -1.94. The molecule has 0 amide bonds. The summed E-state index contributed by atoms with van der Waals surface area (Å²) in [6, 6.07) is 3.81. The molecule has 63 valence electrons. The number of hydrogen-bond donors (Lipinski definition) is 0. The van der Waals surface area contributed by atoms with Crippen molar-refractivity contribution < 1.29 is 9.53 Å². The zero-order valence-corrected chi connectivity index (χ0v) is 6.91. The molecule has 0 fully saturated rings. The smallest absolute Gasteiger partial charge is 0.417 e. The predicted molar refractivity (Wildman–Crippen MR) is 44.1 cm³/mol. The molecule has 1 heterocycles. The van der Waals surface area contributed by atoms with Crippen molar-refractivity contribution in [3.05, 3.63) is 29.6 Å². The Morgan fingerprint density at radius 3 is 2.92 bits per heavy atom. The minimum atomic E-state index is 0.202. The van der Waals surface area contributed by atoms with Crippen molar-refractivity contribution in [2.24, 2.45) is 0 Å². The molecule has 0 N–H and O–H groups in total. The summed E-state index contributed by atoms with van der Waals surface area (Å²) in [5, 5.41) is 0. The molecule has 1 rings (SSSR count). The number of aryl methyl sites for hydroxylation is 1. The van der Waals surface area contributed by atoms with Gasteiger partial charge < -0.3 is 4.74 Å². The molecule has 0 atom stereocenters. The Hall–Kier alpha value is -1.38. The molecule has 0 spiro atoms. The zero-order chi connectivity index (χ0) is 8.81. The highest BCUT2D eigenvalue weighted by atomic mass is 16.5. The van der Waals surface area contributed by atoms with Gasteiger partial charge in [0, 0.05) is 6.20 Å². The van der Waals surface area contributed by atoms with Gasteiger partial charge in [0.1, 0.15) is 6.61 Å². The van der Waals surface area contributed by atoms with E-state index in [0.717, 1.165) is 12.1 Å². The van der Waals surface area contributed by atoms with Gasteiger partial charge in [-0.25, -0.2) is 4.79 Å². The first-order valence-corrected chi connectivity index (χ1v) is 3.79. The Morgan fingerprint density at radius 1 is 1.58 bits per heavy atom. The second kappa shape index (κ2) is 4.49. The van der Waals surface area contributed by atoms with Gasteiger partial charge in [-0.1, -0.05) is 13.0 Å². The van der Waals surface area contributed by atoms with Gasteiger partial charge >= 0.3 is 6.47 Å². The van der Waals surface area contributed by atoms with Crippen molar-refractivity contribution in [2.45, 2.75) is 20.0 Å². The minimum Gasteiger partial charge on any atom is -0.451 e. The third-order valence-corrected chi connectivity index (χ3v) is 1.57. The van der Waals surface area contributed by atoms with E-state index in [1.54, 1.807) is 6.20 Å². The molecule has 1 aromatic heterocycles. The standard InChI is InChI=1S/C9H10NO2/c1-2-8-3-4-9(10-5-8)6-12-7-11/h3-5H,2,6H2,1H3. The van der Waals surface area contributed by atoms with Gasteiger partial charge in [0.2, 0.25) is 0 Å². The molecular weight excluding hydrogens is 154 g/mol. The molecule has 0 saturated carbocycles. The lowest BCUT2D eigenvalue weighted by molar-refractivity contribution is 0.263. The first-order valence-electron chi connectivity index (χ1n) is 3.79. The Morgan fingerprint density at radius 2 is 2.42 bits per heavy atom. The van der Waals surface area contributed by atoms with Crippen molar-refractivity contribution in [3.8, 4) is 0 Å². The molecule has 3 heteroatoms. The number of carbonyl (C=O) groups excluding carboxylic acids is 1. The van der Waals surface area contributed by atoms with E-state index in [9.17, 15) is 4.79 Å². The van der Waals surface area contributed by atoms with E-state index in [1.165, 1.54) is 12.0 Å². The van der Waals surface area contributed by atoms with Crippen LogP contribution in [0.4, 0.5) is 0 Å². The third-order valence-electron chi connectivity index (χ3n) is 1.57. The molecule has 0 bridgehead atoms. The molecule has 0 saturated heterocycles. The van der Waals surface area contributed by atoms with E-state index in [1.807, 2.05) is 12.1 Å². The van der Waals surface area contributed by atoms with Crippen LogP contribution in [0.2, 0.25) is 0 Å². The van der Waals surface area contributed by atoms with Crippen LogP contribution in [0.25, 0.3) is 0 Å². The van der Waals surface area contributed by atoms with Crippen LogP contribution in [0.15, 0.2) is 18.3 Å². The number of aromatic nitrogens is 1. The Labute approximate surface area is 71.4 Å². The lowest BCUT2D eigenvalue weighted by Gasteiger charge is -1.98. The molecule has 12 heavy (non-hydrogen) atoms. The molecule has 0 unspecified atom stereocenters. The fraction of sp³-hybridized carbons (Fsp3) is 0.333. The van der Waals surface area contributed by atoms with Gasteiger partial charge in [-0.3, -0.25) is 4.98 Å². The first-order chi connectivity index (χ1) is 5.86. The van der Waals surface area contributed by atoms with Gasteiger partial charge in [0.15, 0.2) is 0 Å². The van der Waals surface area contributed by atoms with Crippen molar-refractivity contribution in [3.63, 3.8) is 0 Å². The monoisotopic (exact) mass is 164 g/mol. The van der Waals surface area contributed by atoms with Crippen LogP contribution in [0, 0.1) is 0 Å². The van der Waals surface area contributed by atoms with Gasteiger partial charge in [-0.2, -0.15) is 0 Å². The fourth-order valence-electron chi connectivity index (χ4n) is 0.853. The largest absolute Gasteiger partial charge is 0.451 e.